The van der Waals surface area contributed by atoms with Crippen LogP contribution in [0.25, 0.3) is 0 Å². The number of hydrogen-bond acceptors (Lipinski definition) is 3. The number of nitrogens with zero attached hydrogens (tertiary/aromatic N) is 1. The first-order valence-corrected chi connectivity index (χ1v) is 6.51. The number of amidine groups is 1. The second-order valence-electron chi connectivity index (χ2n) is 5.37. The Hall–Kier alpha value is -0.180. The van der Waals surface area contributed by atoms with Crippen LogP contribution in [0.2, 0.25) is 0 Å². The van der Waals surface area contributed by atoms with Crippen LogP contribution in [-0.4, -0.2) is 23.0 Å². The van der Waals surface area contributed by atoms with E-state index in [4.69, 9.17) is 4.99 Å². The van der Waals surface area contributed by atoms with E-state index in [1.807, 2.05) is 11.8 Å². The quantitative estimate of drug-likeness (QED) is 0.722. The topological polar surface area (TPSA) is 24.4 Å². The fourth-order valence-corrected chi connectivity index (χ4v) is 2.60. The van der Waals surface area contributed by atoms with Gasteiger partial charge in [0.2, 0.25) is 0 Å². The summed E-state index contributed by atoms with van der Waals surface area (Å²) in [4.78, 5) is 4.80. The van der Waals surface area contributed by atoms with Gasteiger partial charge >= 0.3 is 0 Å². The maximum absolute atomic E-state index is 4.80. The molecule has 0 saturated heterocycles. The monoisotopic (exact) mass is 212 g/mol. The second-order valence-corrected chi connectivity index (χ2v) is 6.46. The van der Waals surface area contributed by atoms with Gasteiger partial charge in [-0.1, -0.05) is 32.5 Å². The van der Waals surface area contributed by atoms with Crippen LogP contribution in [0.5, 0.6) is 0 Å². The van der Waals surface area contributed by atoms with Crippen molar-refractivity contribution in [3.8, 4) is 0 Å². The molecule has 0 bridgehead atoms. The normalized spacial score (nSPS) is 28.5. The molecule has 0 spiro atoms. The van der Waals surface area contributed by atoms with Crippen LogP contribution in [0.3, 0.4) is 0 Å². The largest absolute Gasteiger partial charge is 0.362 e. The van der Waals surface area contributed by atoms with E-state index in [9.17, 15) is 0 Å². The van der Waals surface area contributed by atoms with Gasteiger partial charge in [-0.2, -0.15) is 0 Å². The van der Waals surface area contributed by atoms with E-state index in [1.165, 1.54) is 30.2 Å². The minimum atomic E-state index is 0.317. The molecule has 1 aliphatic carbocycles. The molecule has 2 nitrogen and oxygen atoms in total. The van der Waals surface area contributed by atoms with Crippen molar-refractivity contribution in [2.24, 2.45) is 10.4 Å². The van der Waals surface area contributed by atoms with Gasteiger partial charge in [0, 0.05) is 11.8 Å². The summed E-state index contributed by atoms with van der Waals surface area (Å²) in [5, 5.41) is 4.70. The third-order valence-corrected chi connectivity index (χ3v) is 3.74. The van der Waals surface area contributed by atoms with Crippen molar-refractivity contribution in [1.29, 1.82) is 0 Å². The summed E-state index contributed by atoms with van der Waals surface area (Å²) in [6, 6.07) is 1.24. The van der Waals surface area contributed by atoms with E-state index < -0.39 is 0 Å². The van der Waals surface area contributed by atoms with Gasteiger partial charge < -0.3 is 5.32 Å². The van der Waals surface area contributed by atoms with Crippen molar-refractivity contribution >= 4 is 16.9 Å². The number of nitrogens with one attached hydrogen (secondary N) is 1. The van der Waals surface area contributed by atoms with Gasteiger partial charge in [0.15, 0.2) is 5.17 Å². The molecule has 1 N–H and O–H groups in total. The summed E-state index contributed by atoms with van der Waals surface area (Å²) < 4.78 is 0. The summed E-state index contributed by atoms with van der Waals surface area (Å²) in [7, 11) is 0. The first kappa shape index (κ1) is 10.3. The van der Waals surface area contributed by atoms with Gasteiger partial charge in [0.05, 0.1) is 6.04 Å². The van der Waals surface area contributed by atoms with Crippen LogP contribution in [0, 0.1) is 5.41 Å². The van der Waals surface area contributed by atoms with Crippen LogP contribution < -0.4 is 5.32 Å². The molecular formula is C11H20N2S. The molecule has 1 fully saturated rings. The lowest BCUT2D eigenvalue weighted by molar-refractivity contribution is 0.315. The lowest BCUT2D eigenvalue weighted by atomic mass is 9.85. The van der Waals surface area contributed by atoms with Gasteiger partial charge in [-0.3, -0.25) is 4.99 Å². The van der Waals surface area contributed by atoms with Crippen LogP contribution in [0.4, 0.5) is 0 Å². The van der Waals surface area contributed by atoms with Crippen molar-refractivity contribution in [1.82, 2.24) is 5.32 Å². The predicted octanol–water partition coefficient (Wildman–Crippen LogP) is 2.65. The number of rotatable bonds is 1. The molecule has 80 valence electrons. The van der Waals surface area contributed by atoms with Crippen LogP contribution in [0.1, 0.15) is 40.0 Å². The summed E-state index contributed by atoms with van der Waals surface area (Å²) in [6.45, 7) is 6.85. The fraction of sp³-hybridized carbons (Fsp3) is 0.909. The molecule has 0 amide bonds. The Labute approximate surface area is 90.9 Å². The molecule has 0 aromatic heterocycles. The maximum atomic E-state index is 4.80. The summed E-state index contributed by atoms with van der Waals surface area (Å²) in [6.07, 6.45) is 3.89. The minimum Gasteiger partial charge on any atom is -0.362 e. The molecule has 0 aromatic carbocycles. The third-order valence-electron chi connectivity index (χ3n) is 2.81. The molecular weight excluding hydrogens is 192 g/mol. The summed E-state index contributed by atoms with van der Waals surface area (Å²) >= 11 is 1.89. The van der Waals surface area contributed by atoms with Crippen LogP contribution in [0.15, 0.2) is 4.99 Å². The lowest BCUT2D eigenvalue weighted by Gasteiger charge is -2.31. The van der Waals surface area contributed by atoms with Crippen molar-refractivity contribution in [3.05, 3.63) is 0 Å². The number of aliphatic imine (C=N–C) groups is 1. The SMILES string of the molecule is CC(C)(C)C1CCSC(NC2CC2)=N1. The molecule has 0 aromatic rings. The molecule has 3 heteroatoms. The molecule has 1 aliphatic heterocycles. The van der Waals surface area contributed by atoms with E-state index in [1.54, 1.807) is 0 Å². The highest BCUT2D eigenvalue weighted by Gasteiger charge is 2.29. The zero-order valence-corrected chi connectivity index (χ0v) is 10.2. The van der Waals surface area contributed by atoms with Gasteiger partial charge in [-0.15, -0.1) is 0 Å². The van der Waals surface area contributed by atoms with Gasteiger partial charge in [-0.05, 0) is 24.7 Å². The Bertz CT molecular complexity index is 238. The Morgan fingerprint density at radius 1 is 1.29 bits per heavy atom. The predicted molar refractivity (Wildman–Crippen MR) is 63.9 cm³/mol. The average molecular weight is 212 g/mol. The molecule has 2 aliphatic rings. The van der Waals surface area contributed by atoms with E-state index in [0.29, 0.717) is 11.5 Å². The van der Waals surface area contributed by atoms with E-state index in [0.717, 1.165) is 6.04 Å². The van der Waals surface area contributed by atoms with Gasteiger partial charge in [0.1, 0.15) is 0 Å². The van der Waals surface area contributed by atoms with E-state index >= 15 is 0 Å². The first-order valence-electron chi connectivity index (χ1n) is 5.53. The first-order chi connectivity index (χ1) is 6.55. The highest BCUT2D eigenvalue weighted by atomic mass is 32.2. The number of thioether (sulfide) groups is 1. The molecule has 1 unspecified atom stereocenters. The van der Waals surface area contributed by atoms with Crippen molar-refractivity contribution in [2.75, 3.05) is 5.75 Å². The van der Waals surface area contributed by atoms with Crippen LogP contribution >= 0.6 is 11.8 Å². The molecule has 1 heterocycles. The van der Waals surface area contributed by atoms with E-state index in [2.05, 4.69) is 26.1 Å². The van der Waals surface area contributed by atoms with Crippen LogP contribution in [-0.2, 0) is 0 Å². The highest BCUT2D eigenvalue weighted by molar-refractivity contribution is 8.13. The molecule has 0 radical (unpaired) electrons. The minimum absolute atomic E-state index is 0.317. The van der Waals surface area contributed by atoms with Crippen molar-refractivity contribution in [3.63, 3.8) is 0 Å². The number of hydrogen-bond donors (Lipinski definition) is 1. The van der Waals surface area contributed by atoms with E-state index in [-0.39, 0.29) is 0 Å². The standard InChI is InChI=1S/C11H20N2S/c1-11(2,3)9-6-7-14-10(13-9)12-8-4-5-8/h8-9H,4-7H2,1-3H3,(H,12,13). The molecule has 1 atom stereocenters. The molecule has 14 heavy (non-hydrogen) atoms. The van der Waals surface area contributed by atoms with Gasteiger partial charge in [0.25, 0.3) is 0 Å². The average Bonchev–Trinajstić information content (AvgIpc) is 2.87. The molecule has 2 rings (SSSR count). The highest BCUT2D eigenvalue weighted by Crippen LogP contribution is 2.31. The smallest absolute Gasteiger partial charge is 0.157 e. The third kappa shape index (κ3) is 2.66. The zero-order valence-electron chi connectivity index (χ0n) is 9.34. The zero-order chi connectivity index (χ0) is 10.2. The Morgan fingerprint density at radius 2 is 2.00 bits per heavy atom. The van der Waals surface area contributed by atoms with Crippen molar-refractivity contribution < 1.29 is 0 Å². The van der Waals surface area contributed by atoms with Crippen molar-refractivity contribution in [2.45, 2.75) is 52.1 Å². The van der Waals surface area contributed by atoms with Gasteiger partial charge in [-0.25, -0.2) is 0 Å². The Balaban J connectivity index is 1.98. The molecule has 1 saturated carbocycles. The summed E-state index contributed by atoms with van der Waals surface area (Å²) in [5.41, 5.74) is 0.317. The lowest BCUT2D eigenvalue weighted by Crippen LogP contribution is -2.34. The Morgan fingerprint density at radius 3 is 2.57 bits per heavy atom. The fourth-order valence-electron chi connectivity index (χ4n) is 1.62. The second kappa shape index (κ2) is 3.76. The maximum Gasteiger partial charge on any atom is 0.157 e. The Kier molecular flexibility index (Phi) is 2.78. The summed E-state index contributed by atoms with van der Waals surface area (Å²) in [5.74, 6) is 1.22.